The summed E-state index contributed by atoms with van der Waals surface area (Å²) in [5.41, 5.74) is -0.0733. The predicted octanol–water partition coefficient (Wildman–Crippen LogP) is 3.59. The van der Waals surface area contributed by atoms with Gasteiger partial charge in [-0.2, -0.15) is 13.2 Å². The van der Waals surface area contributed by atoms with Gasteiger partial charge >= 0.3 is 6.18 Å². The second kappa shape index (κ2) is 5.87. The number of rotatable bonds is 3. The largest absolute Gasteiger partial charge is 0.508 e. The Morgan fingerprint density at radius 2 is 1.76 bits per heavy atom. The maximum Gasteiger partial charge on any atom is 0.416 e. The van der Waals surface area contributed by atoms with Crippen LogP contribution in [0.5, 0.6) is 5.75 Å². The van der Waals surface area contributed by atoms with E-state index in [1.165, 1.54) is 24.3 Å². The zero-order chi connectivity index (χ0) is 15.5. The number of carbonyl (C=O) groups is 1. The average molecular weight is 295 g/mol. The molecule has 0 fully saturated rings. The van der Waals surface area contributed by atoms with Crippen molar-refractivity contribution < 1.29 is 23.1 Å². The number of hydrogen-bond acceptors (Lipinski definition) is 2. The summed E-state index contributed by atoms with van der Waals surface area (Å²) >= 11 is 0. The van der Waals surface area contributed by atoms with Gasteiger partial charge in [-0.3, -0.25) is 4.79 Å². The summed E-state index contributed by atoms with van der Waals surface area (Å²) in [5, 5.41) is 11.5. The average Bonchev–Trinajstić information content (AvgIpc) is 2.41. The summed E-state index contributed by atoms with van der Waals surface area (Å²) in [6.07, 6.45) is -4.44. The van der Waals surface area contributed by atoms with Crippen LogP contribution in [-0.4, -0.2) is 11.0 Å². The van der Waals surface area contributed by atoms with Crippen molar-refractivity contribution in [3.05, 3.63) is 59.7 Å². The molecular weight excluding hydrogens is 283 g/mol. The standard InChI is InChI=1S/C15H12F3NO2/c16-15(17,18)11-2-1-3-12(9-11)19-14(21)8-10-4-6-13(20)7-5-10/h1-7,9,20H,8H2,(H,19,21). The van der Waals surface area contributed by atoms with Crippen LogP contribution in [0.2, 0.25) is 0 Å². The fourth-order valence-corrected chi connectivity index (χ4v) is 1.78. The highest BCUT2D eigenvalue weighted by Crippen LogP contribution is 2.30. The number of nitrogens with one attached hydrogen (secondary N) is 1. The molecule has 110 valence electrons. The third-order valence-corrected chi connectivity index (χ3v) is 2.77. The van der Waals surface area contributed by atoms with E-state index in [1.807, 2.05) is 0 Å². The van der Waals surface area contributed by atoms with E-state index < -0.39 is 17.6 Å². The fraction of sp³-hybridized carbons (Fsp3) is 0.133. The number of phenolic OH excluding ortho intramolecular Hbond substituents is 1. The van der Waals surface area contributed by atoms with Gasteiger partial charge in [-0.15, -0.1) is 0 Å². The maximum absolute atomic E-state index is 12.6. The van der Waals surface area contributed by atoms with Crippen molar-refractivity contribution in [2.24, 2.45) is 0 Å². The first-order valence-electron chi connectivity index (χ1n) is 6.09. The number of amides is 1. The maximum atomic E-state index is 12.6. The van der Waals surface area contributed by atoms with Crippen LogP contribution in [0.15, 0.2) is 48.5 Å². The first-order chi connectivity index (χ1) is 9.84. The second-order valence-corrected chi connectivity index (χ2v) is 4.47. The Balaban J connectivity index is 2.04. The van der Waals surface area contributed by atoms with E-state index in [4.69, 9.17) is 5.11 Å². The highest BCUT2D eigenvalue weighted by molar-refractivity contribution is 5.92. The second-order valence-electron chi connectivity index (χ2n) is 4.47. The molecule has 2 N–H and O–H groups in total. The molecule has 0 atom stereocenters. The summed E-state index contributed by atoms with van der Waals surface area (Å²) in [6, 6.07) is 10.5. The fourth-order valence-electron chi connectivity index (χ4n) is 1.78. The van der Waals surface area contributed by atoms with E-state index >= 15 is 0 Å². The van der Waals surface area contributed by atoms with Crippen LogP contribution in [0.25, 0.3) is 0 Å². The molecule has 0 radical (unpaired) electrons. The van der Waals surface area contributed by atoms with Gasteiger partial charge < -0.3 is 10.4 Å². The summed E-state index contributed by atoms with van der Waals surface area (Å²) in [7, 11) is 0. The van der Waals surface area contributed by atoms with E-state index in [0.717, 1.165) is 12.1 Å². The third kappa shape index (κ3) is 4.24. The number of anilines is 1. The predicted molar refractivity (Wildman–Crippen MR) is 71.9 cm³/mol. The van der Waals surface area contributed by atoms with Crippen molar-refractivity contribution in [3.8, 4) is 5.75 Å². The quantitative estimate of drug-likeness (QED) is 0.909. The van der Waals surface area contributed by atoms with Gasteiger partial charge in [0.1, 0.15) is 5.75 Å². The lowest BCUT2D eigenvalue weighted by Gasteiger charge is -2.10. The Bertz CT molecular complexity index is 636. The Morgan fingerprint density at radius 3 is 2.38 bits per heavy atom. The first-order valence-corrected chi connectivity index (χ1v) is 6.09. The molecule has 1 amide bonds. The third-order valence-electron chi connectivity index (χ3n) is 2.77. The summed E-state index contributed by atoms with van der Waals surface area (Å²) in [6.45, 7) is 0. The Kier molecular flexibility index (Phi) is 4.16. The van der Waals surface area contributed by atoms with Crippen LogP contribution >= 0.6 is 0 Å². The molecule has 2 aromatic rings. The van der Waals surface area contributed by atoms with Crippen molar-refractivity contribution in [1.82, 2.24) is 0 Å². The van der Waals surface area contributed by atoms with Crippen molar-refractivity contribution in [1.29, 1.82) is 0 Å². The number of carbonyl (C=O) groups excluding carboxylic acids is 1. The van der Waals surface area contributed by atoms with Gasteiger partial charge in [0.05, 0.1) is 12.0 Å². The highest BCUT2D eigenvalue weighted by Gasteiger charge is 2.30. The molecule has 0 saturated carbocycles. The van der Waals surface area contributed by atoms with Gasteiger partial charge in [0.25, 0.3) is 0 Å². The van der Waals surface area contributed by atoms with E-state index in [2.05, 4.69) is 5.32 Å². The Labute approximate surface area is 119 Å². The van der Waals surface area contributed by atoms with Gasteiger partial charge in [0, 0.05) is 5.69 Å². The molecule has 0 saturated heterocycles. The van der Waals surface area contributed by atoms with Gasteiger partial charge in [-0.25, -0.2) is 0 Å². The molecule has 0 heterocycles. The van der Waals surface area contributed by atoms with Crippen LogP contribution in [0, 0.1) is 0 Å². The van der Waals surface area contributed by atoms with Crippen LogP contribution in [-0.2, 0) is 17.4 Å². The highest BCUT2D eigenvalue weighted by atomic mass is 19.4. The lowest BCUT2D eigenvalue weighted by atomic mass is 10.1. The van der Waals surface area contributed by atoms with E-state index in [9.17, 15) is 18.0 Å². The summed E-state index contributed by atoms with van der Waals surface area (Å²) in [4.78, 5) is 11.8. The van der Waals surface area contributed by atoms with E-state index in [-0.39, 0.29) is 17.9 Å². The molecule has 0 aliphatic carbocycles. The van der Waals surface area contributed by atoms with Gasteiger partial charge in [-0.1, -0.05) is 18.2 Å². The topological polar surface area (TPSA) is 49.3 Å². The smallest absolute Gasteiger partial charge is 0.416 e. The van der Waals surface area contributed by atoms with Crippen LogP contribution in [0.4, 0.5) is 18.9 Å². The number of hydrogen-bond donors (Lipinski definition) is 2. The summed E-state index contributed by atoms with van der Waals surface area (Å²) in [5.74, 6) is -0.350. The molecule has 0 bridgehead atoms. The molecule has 0 aliphatic rings. The Hall–Kier alpha value is -2.50. The van der Waals surface area contributed by atoms with Gasteiger partial charge in [0.15, 0.2) is 0 Å². The number of alkyl halides is 3. The van der Waals surface area contributed by atoms with Gasteiger partial charge in [0.2, 0.25) is 5.91 Å². The van der Waals surface area contributed by atoms with E-state index in [1.54, 1.807) is 12.1 Å². The van der Waals surface area contributed by atoms with Crippen molar-refractivity contribution in [3.63, 3.8) is 0 Å². The molecule has 0 spiro atoms. The van der Waals surface area contributed by atoms with Crippen molar-refractivity contribution >= 4 is 11.6 Å². The molecular formula is C15H12F3NO2. The molecule has 0 unspecified atom stereocenters. The number of phenols is 1. The number of aromatic hydroxyl groups is 1. The molecule has 0 aromatic heterocycles. The molecule has 2 aromatic carbocycles. The van der Waals surface area contributed by atoms with Crippen molar-refractivity contribution in [2.75, 3.05) is 5.32 Å². The lowest BCUT2D eigenvalue weighted by Crippen LogP contribution is -2.15. The minimum absolute atomic E-state index is 0.0104. The molecule has 2 rings (SSSR count). The molecule has 21 heavy (non-hydrogen) atoms. The minimum atomic E-state index is -4.45. The zero-order valence-corrected chi connectivity index (χ0v) is 10.8. The number of halogens is 3. The number of benzene rings is 2. The van der Waals surface area contributed by atoms with Crippen LogP contribution in [0.3, 0.4) is 0 Å². The Morgan fingerprint density at radius 1 is 1.10 bits per heavy atom. The first kappa shape index (κ1) is 14.9. The minimum Gasteiger partial charge on any atom is -0.508 e. The van der Waals surface area contributed by atoms with Crippen molar-refractivity contribution in [2.45, 2.75) is 12.6 Å². The normalized spacial score (nSPS) is 11.2. The molecule has 6 heteroatoms. The SMILES string of the molecule is O=C(Cc1ccc(O)cc1)Nc1cccc(C(F)(F)F)c1. The van der Waals surface area contributed by atoms with Gasteiger partial charge in [-0.05, 0) is 35.9 Å². The molecule has 0 aliphatic heterocycles. The lowest BCUT2D eigenvalue weighted by molar-refractivity contribution is -0.137. The van der Waals surface area contributed by atoms with Crippen LogP contribution < -0.4 is 5.32 Å². The van der Waals surface area contributed by atoms with Crippen LogP contribution in [0.1, 0.15) is 11.1 Å². The molecule has 3 nitrogen and oxygen atoms in total. The van der Waals surface area contributed by atoms with E-state index in [0.29, 0.717) is 5.56 Å². The monoisotopic (exact) mass is 295 g/mol. The zero-order valence-electron chi connectivity index (χ0n) is 10.8. The summed E-state index contributed by atoms with van der Waals surface area (Å²) < 4.78 is 37.7.